The third-order valence-corrected chi connectivity index (χ3v) is 6.21. The van der Waals surface area contributed by atoms with Crippen LogP contribution < -0.4 is 10.6 Å². The number of carbonyl (C=O) groups excluding carboxylic acids is 1. The van der Waals surface area contributed by atoms with E-state index in [0.29, 0.717) is 23.8 Å². The minimum atomic E-state index is 0.274. The van der Waals surface area contributed by atoms with Gasteiger partial charge in [0.15, 0.2) is 0 Å². The summed E-state index contributed by atoms with van der Waals surface area (Å²) in [5.41, 5.74) is 0.619. The molecule has 0 aromatic rings. The molecular formula is C16H28N2O. The third kappa shape index (κ3) is 2.20. The van der Waals surface area contributed by atoms with Crippen LogP contribution in [0.4, 0.5) is 0 Å². The summed E-state index contributed by atoms with van der Waals surface area (Å²) in [6.07, 6.45) is 5.80. The van der Waals surface area contributed by atoms with E-state index in [0.717, 1.165) is 25.4 Å². The van der Waals surface area contributed by atoms with Gasteiger partial charge in [-0.1, -0.05) is 20.8 Å². The molecular weight excluding hydrogens is 236 g/mol. The highest BCUT2D eigenvalue weighted by atomic mass is 16.1. The van der Waals surface area contributed by atoms with Crippen molar-refractivity contribution >= 4 is 5.91 Å². The molecule has 0 aromatic carbocycles. The van der Waals surface area contributed by atoms with Crippen molar-refractivity contribution in [3.05, 3.63) is 0 Å². The van der Waals surface area contributed by atoms with Gasteiger partial charge in [-0.3, -0.25) is 4.79 Å². The predicted molar refractivity (Wildman–Crippen MR) is 76.8 cm³/mol. The van der Waals surface area contributed by atoms with E-state index >= 15 is 0 Å². The van der Waals surface area contributed by atoms with E-state index in [-0.39, 0.29) is 11.3 Å². The molecule has 108 valence electrons. The van der Waals surface area contributed by atoms with Crippen LogP contribution >= 0.6 is 0 Å². The number of amides is 1. The lowest BCUT2D eigenvalue weighted by Crippen LogP contribution is -2.52. The van der Waals surface area contributed by atoms with Gasteiger partial charge in [-0.05, 0) is 61.4 Å². The average Bonchev–Trinajstić information content (AvgIpc) is 2.98. The zero-order valence-electron chi connectivity index (χ0n) is 12.6. The molecule has 4 atom stereocenters. The number of nitrogens with one attached hydrogen (secondary N) is 2. The van der Waals surface area contributed by atoms with Crippen LogP contribution in [0.2, 0.25) is 0 Å². The lowest BCUT2D eigenvalue weighted by atomic mass is 9.68. The molecule has 2 N–H and O–H groups in total. The molecule has 1 heterocycles. The predicted octanol–water partition coefficient (Wildman–Crippen LogP) is 2.32. The van der Waals surface area contributed by atoms with Crippen LogP contribution in [0.3, 0.4) is 0 Å². The summed E-state index contributed by atoms with van der Waals surface area (Å²) in [4.78, 5) is 12.3. The van der Waals surface area contributed by atoms with Crippen LogP contribution in [0.1, 0.15) is 52.9 Å². The first kappa shape index (κ1) is 13.4. The summed E-state index contributed by atoms with van der Waals surface area (Å²) in [7, 11) is 0. The quantitative estimate of drug-likeness (QED) is 0.821. The molecule has 3 aliphatic rings. The van der Waals surface area contributed by atoms with Crippen molar-refractivity contribution < 1.29 is 4.79 Å². The summed E-state index contributed by atoms with van der Waals surface area (Å²) in [5.74, 6) is 1.63. The lowest BCUT2D eigenvalue weighted by molar-refractivity contribution is -0.124. The molecule has 4 unspecified atom stereocenters. The molecule has 19 heavy (non-hydrogen) atoms. The van der Waals surface area contributed by atoms with Crippen LogP contribution in [0.5, 0.6) is 0 Å². The van der Waals surface area contributed by atoms with Gasteiger partial charge in [-0.25, -0.2) is 0 Å². The van der Waals surface area contributed by atoms with Gasteiger partial charge >= 0.3 is 0 Å². The molecule has 1 aliphatic heterocycles. The molecule has 2 saturated carbocycles. The number of carbonyl (C=O) groups is 1. The second kappa shape index (κ2) is 4.47. The molecule has 3 rings (SSSR count). The third-order valence-electron chi connectivity index (χ3n) is 6.21. The molecule has 3 nitrogen and oxygen atoms in total. The van der Waals surface area contributed by atoms with Crippen LogP contribution in [0.25, 0.3) is 0 Å². The number of rotatable bonds is 3. The van der Waals surface area contributed by atoms with E-state index in [1.54, 1.807) is 0 Å². The van der Waals surface area contributed by atoms with Gasteiger partial charge in [-0.2, -0.15) is 0 Å². The van der Waals surface area contributed by atoms with E-state index in [2.05, 4.69) is 31.4 Å². The lowest BCUT2D eigenvalue weighted by Gasteiger charge is -2.43. The average molecular weight is 264 g/mol. The van der Waals surface area contributed by atoms with Gasteiger partial charge in [-0.15, -0.1) is 0 Å². The van der Waals surface area contributed by atoms with Crippen molar-refractivity contribution in [3.8, 4) is 0 Å². The van der Waals surface area contributed by atoms with E-state index in [9.17, 15) is 4.79 Å². The largest absolute Gasteiger partial charge is 0.352 e. The molecule has 0 radical (unpaired) electrons. The van der Waals surface area contributed by atoms with Crippen LogP contribution in [0, 0.1) is 22.7 Å². The SMILES string of the molecule is CC12CCC(C1)C(C)(C)C2NC(=O)CC1CCNC1. The maximum absolute atomic E-state index is 12.3. The van der Waals surface area contributed by atoms with Gasteiger partial charge in [0.05, 0.1) is 0 Å². The van der Waals surface area contributed by atoms with E-state index in [1.165, 1.54) is 19.3 Å². The molecule has 2 bridgehead atoms. The summed E-state index contributed by atoms with van der Waals surface area (Å²) in [6.45, 7) is 9.17. The fourth-order valence-electron chi connectivity index (χ4n) is 5.03. The Labute approximate surface area is 116 Å². The zero-order valence-corrected chi connectivity index (χ0v) is 12.6. The Kier molecular flexibility index (Phi) is 3.16. The van der Waals surface area contributed by atoms with Crippen molar-refractivity contribution in [1.29, 1.82) is 0 Å². The molecule has 1 saturated heterocycles. The summed E-state index contributed by atoms with van der Waals surface area (Å²) >= 11 is 0. The minimum Gasteiger partial charge on any atom is -0.352 e. The molecule has 0 spiro atoms. The van der Waals surface area contributed by atoms with Crippen LogP contribution in [-0.4, -0.2) is 25.0 Å². The fourth-order valence-corrected chi connectivity index (χ4v) is 5.03. The molecule has 0 aromatic heterocycles. The summed E-state index contributed by atoms with van der Waals surface area (Å²) < 4.78 is 0. The second-order valence-electron chi connectivity index (χ2n) is 7.98. The minimum absolute atomic E-state index is 0.274. The Balaban J connectivity index is 1.63. The molecule has 3 heteroatoms. The first-order chi connectivity index (χ1) is 8.92. The number of hydrogen-bond acceptors (Lipinski definition) is 2. The van der Waals surface area contributed by atoms with Crippen molar-refractivity contribution in [2.24, 2.45) is 22.7 Å². The van der Waals surface area contributed by atoms with Crippen LogP contribution in [0.15, 0.2) is 0 Å². The van der Waals surface area contributed by atoms with Gasteiger partial charge in [0, 0.05) is 12.5 Å². The van der Waals surface area contributed by atoms with Crippen molar-refractivity contribution in [1.82, 2.24) is 10.6 Å². The zero-order chi connectivity index (χ0) is 13.7. The van der Waals surface area contributed by atoms with Gasteiger partial charge in [0.25, 0.3) is 0 Å². The Morgan fingerprint density at radius 2 is 2.11 bits per heavy atom. The number of fused-ring (bicyclic) bond motifs is 2. The van der Waals surface area contributed by atoms with Crippen molar-refractivity contribution in [2.75, 3.05) is 13.1 Å². The van der Waals surface area contributed by atoms with E-state index < -0.39 is 0 Å². The van der Waals surface area contributed by atoms with E-state index in [1.807, 2.05) is 0 Å². The van der Waals surface area contributed by atoms with Gasteiger partial charge < -0.3 is 10.6 Å². The maximum atomic E-state index is 12.3. The number of hydrogen-bond donors (Lipinski definition) is 2. The Morgan fingerprint density at radius 1 is 1.32 bits per heavy atom. The van der Waals surface area contributed by atoms with Gasteiger partial charge in [0.2, 0.25) is 5.91 Å². The molecule has 2 aliphatic carbocycles. The highest BCUT2D eigenvalue weighted by molar-refractivity contribution is 5.77. The smallest absolute Gasteiger partial charge is 0.220 e. The molecule has 1 amide bonds. The normalized spacial score (nSPS) is 43.6. The standard InChI is InChI=1S/C16H28N2O/c1-15(2)12-4-6-16(3,9-12)14(15)18-13(19)8-11-5-7-17-10-11/h11-12,14,17H,4-10H2,1-3H3,(H,18,19). The Morgan fingerprint density at radius 3 is 2.68 bits per heavy atom. The highest BCUT2D eigenvalue weighted by Crippen LogP contribution is 2.62. The summed E-state index contributed by atoms with van der Waals surface area (Å²) in [5, 5.41) is 6.74. The topological polar surface area (TPSA) is 41.1 Å². The monoisotopic (exact) mass is 264 g/mol. The van der Waals surface area contributed by atoms with Crippen molar-refractivity contribution in [3.63, 3.8) is 0 Å². The molecule has 3 fully saturated rings. The first-order valence-corrected chi connectivity index (χ1v) is 7.92. The van der Waals surface area contributed by atoms with Crippen LogP contribution in [-0.2, 0) is 4.79 Å². The fraction of sp³-hybridized carbons (Fsp3) is 0.938. The van der Waals surface area contributed by atoms with E-state index in [4.69, 9.17) is 0 Å². The Bertz CT molecular complexity index is 368. The Hall–Kier alpha value is -0.570. The second-order valence-corrected chi connectivity index (χ2v) is 7.98. The summed E-state index contributed by atoms with van der Waals surface area (Å²) in [6, 6.07) is 0.376. The van der Waals surface area contributed by atoms with Crippen molar-refractivity contribution in [2.45, 2.75) is 58.9 Å². The first-order valence-electron chi connectivity index (χ1n) is 7.92. The maximum Gasteiger partial charge on any atom is 0.220 e. The highest BCUT2D eigenvalue weighted by Gasteiger charge is 2.59. The van der Waals surface area contributed by atoms with Gasteiger partial charge in [0.1, 0.15) is 0 Å².